The Morgan fingerprint density at radius 1 is 1.06 bits per heavy atom. The lowest BCUT2D eigenvalue weighted by Crippen LogP contribution is -2.25. The molecule has 1 unspecified atom stereocenters. The number of hydrogen-bond donors (Lipinski definition) is 1. The topological polar surface area (TPSA) is 50.3 Å². The number of benzene rings is 2. The molecule has 3 aromatic rings. The van der Waals surface area contributed by atoms with Gasteiger partial charge in [-0.1, -0.05) is 57.8 Å². The standard InChI is InChI=1S/C26H32Br2N4O/c1-5-32(6-2)15-7-8-18(3)29-26-22-17-21(33-4)12-13-24(22)30-25(31-26)14-10-19-9-11-20(27)16-23(19)28/h9-14,16-18H,5-8,15H2,1-4H3,(H,29,30,31). The Morgan fingerprint density at radius 2 is 1.85 bits per heavy atom. The predicted molar refractivity (Wildman–Crippen MR) is 147 cm³/mol. The van der Waals surface area contributed by atoms with E-state index in [4.69, 9.17) is 14.7 Å². The maximum absolute atomic E-state index is 5.44. The minimum atomic E-state index is 0.294. The summed E-state index contributed by atoms with van der Waals surface area (Å²) in [6.07, 6.45) is 6.20. The largest absolute Gasteiger partial charge is 0.497 e. The number of aromatic nitrogens is 2. The van der Waals surface area contributed by atoms with E-state index >= 15 is 0 Å². The summed E-state index contributed by atoms with van der Waals surface area (Å²) in [6, 6.07) is 12.3. The number of hydrogen-bond acceptors (Lipinski definition) is 5. The highest BCUT2D eigenvalue weighted by Crippen LogP contribution is 2.27. The van der Waals surface area contributed by atoms with Crippen molar-refractivity contribution in [1.29, 1.82) is 0 Å². The van der Waals surface area contributed by atoms with Crippen molar-refractivity contribution >= 4 is 60.7 Å². The molecule has 0 fully saturated rings. The molecule has 3 rings (SSSR count). The van der Waals surface area contributed by atoms with Crippen LogP contribution in [0.15, 0.2) is 45.3 Å². The zero-order chi connectivity index (χ0) is 23.8. The van der Waals surface area contributed by atoms with Crippen LogP contribution in [0.25, 0.3) is 23.1 Å². The number of fused-ring (bicyclic) bond motifs is 1. The summed E-state index contributed by atoms with van der Waals surface area (Å²) in [5.41, 5.74) is 1.95. The molecule has 0 amide bonds. The summed E-state index contributed by atoms with van der Waals surface area (Å²) in [7, 11) is 1.68. The van der Waals surface area contributed by atoms with E-state index in [-0.39, 0.29) is 0 Å². The van der Waals surface area contributed by atoms with Gasteiger partial charge in [0.25, 0.3) is 0 Å². The SMILES string of the molecule is CCN(CC)CCCC(C)Nc1nc(C=Cc2ccc(Br)cc2Br)nc2ccc(OC)cc12. The number of nitrogens with one attached hydrogen (secondary N) is 1. The molecule has 1 heterocycles. The Labute approximate surface area is 213 Å². The molecule has 0 bridgehead atoms. The van der Waals surface area contributed by atoms with Gasteiger partial charge in [-0.2, -0.15) is 0 Å². The number of rotatable bonds is 11. The van der Waals surface area contributed by atoms with E-state index in [9.17, 15) is 0 Å². The molecular weight excluding hydrogens is 544 g/mol. The highest BCUT2D eigenvalue weighted by atomic mass is 79.9. The third kappa shape index (κ3) is 7.26. The van der Waals surface area contributed by atoms with Gasteiger partial charge >= 0.3 is 0 Å². The van der Waals surface area contributed by atoms with E-state index in [0.717, 1.165) is 69.5 Å². The molecule has 5 nitrogen and oxygen atoms in total. The van der Waals surface area contributed by atoms with Gasteiger partial charge in [0.2, 0.25) is 0 Å². The van der Waals surface area contributed by atoms with Gasteiger partial charge in [-0.05, 0) is 81.4 Å². The smallest absolute Gasteiger partial charge is 0.154 e. The maximum atomic E-state index is 5.44. The number of nitrogens with zero attached hydrogens (tertiary/aromatic N) is 3. The molecule has 2 aromatic carbocycles. The van der Waals surface area contributed by atoms with E-state index in [0.29, 0.717) is 11.9 Å². The summed E-state index contributed by atoms with van der Waals surface area (Å²) < 4.78 is 7.49. The van der Waals surface area contributed by atoms with Gasteiger partial charge in [-0.3, -0.25) is 0 Å². The third-order valence-electron chi connectivity index (χ3n) is 5.68. The van der Waals surface area contributed by atoms with Gasteiger partial charge in [0.1, 0.15) is 11.6 Å². The lowest BCUT2D eigenvalue weighted by Gasteiger charge is -2.20. The summed E-state index contributed by atoms with van der Waals surface area (Å²) in [4.78, 5) is 12.1. The van der Waals surface area contributed by atoms with Gasteiger partial charge in [-0.15, -0.1) is 0 Å². The fourth-order valence-electron chi connectivity index (χ4n) is 3.70. The quantitative estimate of drug-likeness (QED) is 0.261. The van der Waals surface area contributed by atoms with E-state index in [1.54, 1.807) is 7.11 Å². The molecule has 0 saturated heterocycles. The lowest BCUT2D eigenvalue weighted by atomic mass is 10.1. The second kappa shape index (κ2) is 12.5. The molecule has 0 aliphatic heterocycles. The number of halogens is 2. The Hall–Kier alpha value is -1.96. The van der Waals surface area contributed by atoms with Crippen LogP contribution in [0.2, 0.25) is 0 Å². The van der Waals surface area contributed by atoms with Crippen LogP contribution in [0.4, 0.5) is 5.82 Å². The van der Waals surface area contributed by atoms with Crippen molar-refractivity contribution < 1.29 is 4.74 Å². The molecule has 0 aliphatic carbocycles. The van der Waals surface area contributed by atoms with Crippen LogP contribution >= 0.6 is 31.9 Å². The highest BCUT2D eigenvalue weighted by Gasteiger charge is 2.12. The van der Waals surface area contributed by atoms with Crippen molar-refractivity contribution in [2.45, 2.75) is 39.7 Å². The molecule has 176 valence electrons. The van der Waals surface area contributed by atoms with Crippen LogP contribution in [0, 0.1) is 0 Å². The fourth-order valence-corrected chi connectivity index (χ4v) is 4.88. The molecule has 0 saturated carbocycles. The first-order valence-corrected chi connectivity index (χ1v) is 13.0. The van der Waals surface area contributed by atoms with Crippen LogP contribution < -0.4 is 10.1 Å². The molecule has 0 radical (unpaired) electrons. The number of anilines is 1. The summed E-state index contributed by atoms with van der Waals surface area (Å²) in [5.74, 6) is 2.30. The maximum Gasteiger partial charge on any atom is 0.154 e. The Bertz CT molecular complexity index is 1100. The van der Waals surface area contributed by atoms with Crippen molar-refractivity contribution in [3.8, 4) is 5.75 Å². The zero-order valence-electron chi connectivity index (χ0n) is 19.7. The molecular formula is C26H32Br2N4O. The van der Waals surface area contributed by atoms with Crippen LogP contribution in [-0.2, 0) is 0 Å². The first-order chi connectivity index (χ1) is 15.9. The van der Waals surface area contributed by atoms with Crippen molar-refractivity contribution in [1.82, 2.24) is 14.9 Å². The summed E-state index contributed by atoms with van der Waals surface area (Å²) in [5, 5.41) is 4.59. The minimum absolute atomic E-state index is 0.294. The highest BCUT2D eigenvalue weighted by molar-refractivity contribution is 9.11. The second-order valence-electron chi connectivity index (χ2n) is 8.03. The van der Waals surface area contributed by atoms with E-state index in [2.05, 4.69) is 62.8 Å². The Balaban J connectivity index is 1.85. The molecule has 7 heteroatoms. The Morgan fingerprint density at radius 3 is 2.55 bits per heavy atom. The normalized spacial score (nSPS) is 12.6. The average molecular weight is 576 g/mol. The number of ether oxygens (including phenoxy) is 1. The summed E-state index contributed by atoms with van der Waals surface area (Å²) in [6.45, 7) is 9.96. The minimum Gasteiger partial charge on any atom is -0.497 e. The van der Waals surface area contributed by atoms with E-state index < -0.39 is 0 Å². The van der Waals surface area contributed by atoms with Crippen LogP contribution in [0.3, 0.4) is 0 Å². The molecule has 1 aromatic heterocycles. The van der Waals surface area contributed by atoms with Crippen molar-refractivity contribution in [2.75, 3.05) is 32.1 Å². The zero-order valence-corrected chi connectivity index (χ0v) is 22.9. The van der Waals surface area contributed by atoms with Gasteiger partial charge in [0, 0.05) is 20.4 Å². The average Bonchev–Trinajstić information content (AvgIpc) is 2.81. The number of methoxy groups -OCH3 is 1. The lowest BCUT2D eigenvalue weighted by molar-refractivity contribution is 0.295. The van der Waals surface area contributed by atoms with Crippen LogP contribution in [0.5, 0.6) is 5.75 Å². The first-order valence-electron chi connectivity index (χ1n) is 11.4. The van der Waals surface area contributed by atoms with Gasteiger partial charge in [0.15, 0.2) is 5.82 Å². The summed E-state index contributed by atoms with van der Waals surface area (Å²) >= 11 is 7.11. The third-order valence-corrected chi connectivity index (χ3v) is 6.86. The monoisotopic (exact) mass is 574 g/mol. The fraction of sp³-hybridized carbons (Fsp3) is 0.385. The van der Waals surface area contributed by atoms with Crippen LogP contribution in [0.1, 0.15) is 45.0 Å². The molecule has 1 atom stereocenters. The first kappa shape index (κ1) is 25.7. The molecule has 1 N–H and O–H groups in total. The van der Waals surface area contributed by atoms with Gasteiger partial charge in [0.05, 0.1) is 12.6 Å². The van der Waals surface area contributed by atoms with Gasteiger partial charge in [-0.25, -0.2) is 9.97 Å². The van der Waals surface area contributed by atoms with Crippen molar-refractivity contribution in [2.24, 2.45) is 0 Å². The van der Waals surface area contributed by atoms with Crippen molar-refractivity contribution in [3.63, 3.8) is 0 Å². The van der Waals surface area contributed by atoms with Gasteiger partial charge < -0.3 is 15.0 Å². The predicted octanol–water partition coefficient (Wildman–Crippen LogP) is 7.26. The van der Waals surface area contributed by atoms with E-state index in [1.165, 1.54) is 0 Å². The van der Waals surface area contributed by atoms with E-state index in [1.807, 2.05) is 48.6 Å². The van der Waals surface area contributed by atoms with Crippen molar-refractivity contribution in [3.05, 3.63) is 56.7 Å². The molecule has 0 spiro atoms. The Kier molecular flexibility index (Phi) is 9.71. The molecule has 33 heavy (non-hydrogen) atoms. The van der Waals surface area contributed by atoms with Crippen LogP contribution in [-0.4, -0.2) is 47.7 Å². The molecule has 0 aliphatic rings. The second-order valence-corrected chi connectivity index (χ2v) is 9.80.